The second kappa shape index (κ2) is 6.05. The van der Waals surface area contributed by atoms with E-state index < -0.39 is 5.91 Å². The van der Waals surface area contributed by atoms with Crippen LogP contribution in [0.3, 0.4) is 0 Å². The van der Waals surface area contributed by atoms with Gasteiger partial charge in [-0.05, 0) is 37.1 Å². The summed E-state index contributed by atoms with van der Waals surface area (Å²) < 4.78 is 0. The monoisotopic (exact) mass is 334 g/mol. The van der Waals surface area contributed by atoms with Gasteiger partial charge in [0, 0.05) is 24.2 Å². The molecule has 0 aliphatic carbocycles. The Morgan fingerprint density at radius 3 is 2.44 bits per heavy atom. The molecule has 1 saturated heterocycles. The largest absolute Gasteiger partial charge is 0.366 e. The number of fused-ring (bicyclic) bond motifs is 1. The van der Waals surface area contributed by atoms with Crippen molar-refractivity contribution in [1.29, 1.82) is 0 Å². The maximum Gasteiger partial charge on any atom is 0.253 e. The third-order valence-corrected chi connectivity index (χ3v) is 4.58. The van der Waals surface area contributed by atoms with Crippen LogP contribution in [0.15, 0.2) is 42.5 Å². The first-order chi connectivity index (χ1) is 12.1. The summed E-state index contributed by atoms with van der Waals surface area (Å²) in [6, 6.07) is 12.6. The van der Waals surface area contributed by atoms with Crippen molar-refractivity contribution in [2.24, 2.45) is 5.73 Å². The van der Waals surface area contributed by atoms with Crippen molar-refractivity contribution >= 4 is 22.8 Å². The Labute approximate surface area is 144 Å². The van der Waals surface area contributed by atoms with Crippen LogP contribution in [0, 0.1) is 0 Å². The molecule has 126 valence electrons. The van der Waals surface area contributed by atoms with Gasteiger partial charge in [0.2, 0.25) is 0 Å². The fourth-order valence-corrected chi connectivity index (χ4v) is 3.24. The number of benzene rings is 2. The van der Waals surface area contributed by atoms with Crippen LogP contribution < -0.4 is 5.73 Å². The highest BCUT2D eigenvalue weighted by Gasteiger charge is 2.19. The molecule has 1 aromatic heterocycles. The van der Waals surface area contributed by atoms with E-state index in [2.05, 4.69) is 9.97 Å². The molecule has 0 bridgehead atoms. The molecule has 3 N–H and O–H groups in total. The lowest BCUT2D eigenvalue weighted by Crippen LogP contribution is -2.27. The summed E-state index contributed by atoms with van der Waals surface area (Å²) in [5.74, 6) is 0.212. The summed E-state index contributed by atoms with van der Waals surface area (Å²) in [6.45, 7) is 1.67. The Kier molecular flexibility index (Phi) is 3.72. The van der Waals surface area contributed by atoms with Crippen LogP contribution in [0.1, 0.15) is 33.6 Å². The van der Waals surface area contributed by atoms with E-state index in [0.29, 0.717) is 22.5 Å². The van der Waals surface area contributed by atoms with E-state index in [1.807, 2.05) is 35.2 Å². The fourth-order valence-electron chi connectivity index (χ4n) is 3.24. The molecule has 0 saturated carbocycles. The lowest BCUT2D eigenvalue weighted by atomic mass is 10.1. The summed E-state index contributed by atoms with van der Waals surface area (Å²) in [6.07, 6.45) is 2.15. The van der Waals surface area contributed by atoms with E-state index in [1.54, 1.807) is 12.1 Å². The quantitative estimate of drug-likeness (QED) is 0.771. The van der Waals surface area contributed by atoms with Gasteiger partial charge in [0.25, 0.3) is 11.8 Å². The summed E-state index contributed by atoms with van der Waals surface area (Å²) >= 11 is 0. The predicted octanol–water partition coefficient (Wildman–Crippen LogP) is 2.56. The number of nitrogens with two attached hydrogens (primary N) is 1. The number of para-hydroxylation sites is 1. The molecule has 1 aliphatic rings. The molecule has 2 amide bonds. The van der Waals surface area contributed by atoms with E-state index in [4.69, 9.17) is 5.73 Å². The molecule has 4 rings (SSSR count). The van der Waals surface area contributed by atoms with E-state index in [-0.39, 0.29) is 5.91 Å². The average molecular weight is 334 g/mol. The van der Waals surface area contributed by atoms with Gasteiger partial charge in [-0.25, -0.2) is 4.98 Å². The topological polar surface area (TPSA) is 92.1 Å². The summed E-state index contributed by atoms with van der Waals surface area (Å²) in [4.78, 5) is 33.5. The van der Waals surface area contributed by atoms with Crippen LogP contribution in [0.25, 0.3) is 22.4 Å². The van der Waals surface area contributed by atoms with E-state index in [9.17, 15) is 9.59 Å². The van der Waals surface area contributed by atoms with Crippen molar-refractivity contribution in [3.8, 4) is 11.4 Å². The molecule has 3 aromatic rings. The highest BCUT2D eigenvalue weighted by molar-refractivity contribution is 6.04. The molecule has 0 radical (unpaired) electrons. The van der Waals surface area contributed by atoms with Gasteiger partial charge in [0.05, 0.1) is 11.1 Å². The molecule has 0 atom stereocenters. The molecule has 6 heteroatoms. The second-order valence-electron chi connectivity index (χ2n) is 6.23. The number of nitrogens with one attached hydrogen (secondary N) is 1. The lowest BCUT2D eigenvalue weighted by Gasteiger charge is -2.15. The van der Waals surface area contributed by atoms with Gasteiger partial charge >= 0.3 is 0 Å². The third-order valence-electron chi connectivity index (χ3n) is 4.58. The third kappa shape index (κ3) is 2.76. The average Bonchev–Trinajstić information content (AvgIpc) is 3.30. The molecule has 6 nitrogen and oxygen atoms in total. The first-order valence-electron chi connectivity index (χ1n) is 8.32. The van der Waals surface area contributed by atoms with Crippen LogP contribution in [-0.4, -0.2) is 39.8 Å². The van der Waals surface area contributed by atoms with Crippen LogP contribution >= 0.6 is 0 Å². The van der Waals surface area contributed by atoms with Crippen molar-refractivity contribution in [1.82, 2.24) is 14.9 Å². The zero-order chi connectivity index (χ0) is 17.4. The zero-order valence-corrected chi connectivity index (χ0v) is 13.7. The van der Waals surface area contributed by atoms with Gasteiger partial charge in [0.15, 0.2) is 0 Å². The number of likely N-dealkylation sites (tertiary alicyclic amines) is 1. The number of rotatable bonds is 3. The lowest BCUT2D eigenvalue weighted by molar-refractivity contribution is 0.0792. The van der Waals surface area contributed by atoms with Crippen LogP contribution in [0.5, 0.6) is 0 Å². The van der Waals surface area contributed by atoms with Gasteiger partial charge in [-0.2, -0.15) is 0 Å². The Hall–Kier alpha value is -3.15. The van der Waals surface area contributed by atoms with E-state index >= 15 is 0 Å². The van der Waals surface area contributed by atoms with Gasteiger partial charge in [-0.15, -0.1) is 0 Å². The van der Waals surface area contributed by atoms with Crippen molar-refractivity contribution in [2.45, 2.75) is 12.8 Å². The molecular formula is C19H18N4O2. The molecule has 25 heavy (non-hydrogen) atoms. The predicted molar refractivity (Wildman–Crippen MR) is 95.2 cm³/mol. The number of hydrogen-bond donors (Lipinski definition) is 2. The number of H-pyrrole nitrogens is 1. The van der Waals surface area contributed by atoms with Crippen molar-refractivity contribution in [3.63, 3.8) is 0 Å². The summed E-state index contributed by atoms with van der Waals surface area (Å²) in [7, 11) is 0. The molecule has 0 spiro atoms. The van der Waals surface area contributed by atoms with Crippen LogP contribution in [0.4, 0.5) is 0 Å². The number of nitrogens with zero attached hydrogens (tertiary/aromatic N) is 2. The minimum Gasteiger partial charge on any atom is -0.366 e. The molecule has 0 unspecified atom stereocenters. The molecular weight excluding hydrogens is 316 g/mol. The number of aromatic amines is 1. The van der Waals surface area contributed by atoms with Crippen molar-refractivity contribution < 1.29 is 9.59 Å². The highest BCUT2D eigenvalue weighted by Crippen LogP contribution is 2.23. The van der Waals surface area contributed by atoms with E-state index in [0.717, 1.165) is 37.0 Å². The number of aromatic nitrogens is 2. The maximum absolute atomic E-state index is 12.4. The highest BCUT2D eigenvalue weighted by atomic mass is 16.2. The van der Waals surface area contributed by atoms with Crippen molar-refractivity contribution in [3.05, 3.63) is 53.6 Å². The normalized spacial score (nSPS) is 14.2. The Morgan fingerprint density at radius 2 is 1.76 bits per heavy atom. The first kappa shape index (κ1) is 15.4. The minimum absolute atomic E-state index is 0.0738. The molecule has 2 aromatic carbocycles. The summed E-state index contributed by atoms with van der Waals surface area (Å²) in [5, 5.41) is 0. The molecule has 2 heterocycles. The standard InChI is InChI=1S/C19H18N4O2/c20-17(24)14-4-3-5-15-16(14)22-18(21-15)12-6-8-13(9-7-12)19(25)23-10-1-2-11-23/h3-9H,1-2,10-11H2,(H2,20,24)(H,21,22). The Balaban J connectivity index is 1.66. The van der Waals surface area contributed by atoms with Gasteiger partial charge in [-0.1, -0.05) is 18.2 Å². The van der Waals surface area contributed by atoms with Crippen LogP contribution in [-0.2, 0) is 0 Å². The van der Waals surface area contributed by atoms with Gasteiger partial charge in [-0.3, -0.25) is 9.59 Å². The summed E-state index contributed by atoms with van der Waals surface area (Å²) in [5.41, 5.74) is 8.64. The number of carbonyl (C=O) groups excluding carboxylic acids is 2. The molecule has 1 aliphatic heterocycles. The Bertz CT molecular complexity index is 953. The van der Waals surface area contributed by atoms with Crippen molar-refractivity contribution in [2.75, 3.05) is 13.1 Å². The zero-order valence-electron chi connectivity index (χ0n) is 13.7. The number of primary amides is 1. The number of carbonyl (C=O) groups is 2. The SMILES string of the molecule is NC(=O)c1cccc2[nH]c(-c3ccc(C(=O)N4CCCC4)cc3)nc12. The van der Waals surface area contributed by atoms with E-state index in [1.165, 1.54) is 0 Å². The number of imidazole rings is 1. The van der Waals surface area contributed by atoms with Crippen LogP contribution in [0.2, 0.25) is 0 Å². The minimum atomic E-state index is -0.504. The molecule has 1 fully saturated rings. The fraction of sp³-hybridized carbons (Fsp3) is 0.211. The first-order valence-corrected chi connectivity index (χ1v) is 8.32. The Morgan fingerprint density at radius 1 is 1.04 bits per heavy atom. The second-order valence-corrected chi connectivity index (χ2v) is 6.23. The van der Waals surface area contributed by atoms with Gasteiger partial charge < -0.3 is 15.6 Å². The smallest absolute Gasteiger partial charge is 0.253 e. The van der Waals surface area contributed by atoms with Gasteiger partial charge in [0.1, 0.15) is 11.3 Å². The number of hydrogen-bond acceptors (Lipinski definition) is 3. The maximum atomic E-state index is 12.4. The number of amides is 2.